The van der Waals surface area contributed by atoms with Crippen molar-refractivity contribution in [2.45, 2.75) is 44.4 Å². The van der Waals surface area contributed by atoms with E-state index in [2.05, 4.69) is 41.0 Å². The molecule has 4 nitrogen and oxygen atoms in total. The molecule has 2 atom stereocenters. The first kappa shape index (κ1) is 14.0. The highest BCUT2D eigenvalue weighted by Crippen LogP contribution is 2.29. The van der Waals surface area contributed by atoms with E-state index < -0.39 is 0 Å². The zero-order valence-corrected chi connectivity index (χ0v) is 13.0. The summed E-state index contributed by atoms with van der Waals surface area (Å²) in [6, 6.07) is 2.85. The quantitative estimate of drug-likeness (QED) is 0.872. The number of nitrogens with one attached hydrogen (secondary N) is 1. The summed E-state index contributed by atoms with van der Waals surface area (Å²) in [6.45, 7) is 3.85. The molecule has 1 N–H and O–H groups in total. The lowest BCUT2D eigenvalue weighted by Crippen LogP contribution is -2.38. The highest BCUT2D eigenvalue weighted by atomic mass is 32.1. The fourth-order valence-corrected chi connectivity index (χ4v) is 3.56. The summed E-state index contributed by atoms with van der Waals surface area (Å²) >= 11 is 1.69. The van der Waals surface area contributed by atoms with Crippen molar-refractivity contribution in [3.05, 3.63) is 22.4 Å². The van der Waals surface area contributed by atoms with Gasteiger partial charge < -0.3 is 9.80 Å². The average Bonchev–Trinajstić information content (AvgIpc) is 3.07. The summed E-state index contributed by atoms with van der Waals surface area (Å²) in [5.41, 5.74) is 1.22. The Morgan fingerprint density at radius 2 is 2.30 bits per heavy atom. The van der Waals surface area contributed by atoms with Gasteiger partial charge in [-0.25, -0.2) is 0 Å². The van der Waals surface area contributed by atoms with Gasteiger partial charge in [-0.3, -0.25) is 10.1 Å². The number of hydrogen-bond acceptors (Lipinski definition) is 4. The van der Waals surface area contributed by atoms with Gasteiger partial charge >= 0.3 is 0 Å². The van der Waals surface area contributed by atoms with Crippen molar-refractivity contribution in [2.75, 3.05) is 20.1 Å². The zero-order valence-electron chi connectivity index (χ0n) is 12.2. The second kappa shape index (κ2) is 5.84. The predicted molar refractivity (Wildman–Crippen MR) is 81.6 cm³/mol. The molecule has 1 aliphatic heterocycles. The first-order chi connectivity index (χ1) is 9.70. The molecule has 1 saturated carbocycles. The van der Waals surface area contributed by atoms with Crippen LogP contribution in [0.4, 0.5) is 0 Å². The summed E-state index contributed by atoms with van der Waals surface area (Å²) in [5, 5.41) is 7.69. The largest absolute Gasteiger partial charge is 0.320 e. The number of thiophene rings is 1. The van der Waals surface area contributed by atoms with Crippen molar-refractivity contribution in [3.63, 3.8) is 0 Å². The van der Waals surface area contributed by atoms with Crippen LogP contribution in [0.25, 0.3) is 0 Å². The van der Waals surface area contributed by atoms with Crippen molar-refractivity contribution in [1.29, 1.82) is 0 Å². The minimum atomic E-state index is -0.0221. The van der Waals surface area contributed by atoms with E-state index >= 15 is 0 Å². The predicted octanol–water partition coefficient (Wildman–Crippen LogP) is 2.05. The molecule has 1 saturated heterocycles. The monoisotopic (exact) mass is 293 g/mol. The van der Waals surface area contributed by atoms with Crippen molar-refractivity contribution >= 4 is 17.2 Å². The van der Waals surface area contributed by atoms with Gasteiger partial charge in [0.25, 0.3) is 0 Å². The number of amides is 1. The van der Waals surface area contributed by atoms with Crippen LogP contribution in [0.3, 0.4) is 0 Å². The maximum Gasteiger partial charge on any atom is 0.241 e. The molecule has 0 radical (unpaired) electrons. The number of carbonyl (C=O) groups is 1. The summed E-state index contributed by atoms with van der Waals surface area (Å²) in [6.07, 6.45) is 3.54. The van der Waals surface area contributed by atoms with Gasteiger partial charge in [-0.1, -0.05) is 6.92 Å². The van der Waals surface area contributed by atoms with Gasteiger partial charge in [0.1, 0.15) is 6.17 Å². The van der Waals surface area contributed by atoms with Crippen molar-refractivity contribution in [2.24, 2.45) is 0 Å². The fraction of sp³-hybridized carbons (Fsp3) is 0.667. The van der Waals surface area contributed by atoms with E-state index in [4.69, 9.17) is 0 Å². The Hall–Kier alpha value is -0.910. The van der Waals surface area contributed by atoms with Crippen LogP contribution in [0.2, 0.25) is 0 Å². The average molecular weight is 293 g/mol. The molecule has 5 heteroatoms. The molecule has 1 amide bonds. The first-order valence-corrected chi connectivity index (χ1v) is 8.44. The van der Waals surface area contributed by atoms with Gasteiger partial charge in [-0.2, -0.15) is 11.3 Å². The summed E-state index contributed by atoms with van der Waals surface area (Å²) in [4.78, 5) is 16.9. The molecule has 20 heavy (non-hydrogen) atoms. The Labute approximate surface area is 124 Å². The molecule has 3 rings (SSSR count). The minimum Gasteiger partial charge on any atom is -0.320 e. The minimum absolute atomic E-state index is 0.0221. The Balaban J connectivity index is 1.68. The smallest absolute Gasteiger partial charge is 0.241 e. The summed E-state index contributed by atoms with van der Waals surface area (Å²) < 4.78 is 0. The molecular weight excluding hydrogens is 270 g/mol. The van der Waals surface area contributed by atoms with Gasteiger partial charge in [-0.15, -0.1) is 0 Å². The van der Waals surface area contributed by atoms with E-state index in [1.807, 2.05) is 4.90 Å². The molecule has 2 aliphatic rings. The highest BCUT2D eigenvalue weighted by Gasteiger charge is 2.39. The van der Waals surface area contributed by atoms with E-state index in [0.29, 0.717) is 0 Å². The van der Waals surface area contributed by atoms with Crippen molar-refractivity contribution in [1.82, 2.24) is 15.1 Å². The lowest BCUT2D eigenvalue weighted by molar-refractivity contribution is -0.130. The van der Waals surface area contributed by atoms with Crippen LogP contribution < -0.4 is 5.32 Å². The number of likely N-dealkylation sites (N-methyl/N-ethyl adjacent to an activating group) is 1. The van der Waals surface area contributed by atoms with Gasteiger partial charge in [0.15, 0.2) is 0 Å². The van der Waals surface area contributed by atoms with E-state index in [9.17, 15) is 4.79 Å². The van der Waals surface area contributed by atoms with Crippen LogP contribution in [-0.2, 0) is 4.79 Å². The molecule has 1 aliphatic carbocycles. The number of rotatable bonds is 6. The lowest BCUT2D eigenvalue weighted by Gasteiger charge is -2.26. The lowest BCUT2D eigenvalue weighted by atomic mass is 10.2. The molecule has 110 valence electrons. The SMILES string of the molecule is CCC1NC(c2ccsc2)N(CCN(C)C2CC2)C1=O. The summed E-state index contributed by atoms with van der Waals surface area (Å²) in [7, 11) is 2.17. The zero-order chi connectivity index (χ0) is 14.1. The summed E-state index contributed by atoms with van der Waals surface area (Å²) in [5.74, 6) is 0.257. The normalized spacial score (nSPS) is 26.8. The maximum absolute atomic E-state index is 12.5. The topological polar surface area (TPSA) is 35.6 Å². The standard InChI is InChI=1S/C15H23N3OS/c1-3-13-15(19)18(8-7-17(2)12-4-5-12)14(16-13)11-6-9-20-10-11/h6,9-10,12-14,16H,3-5,7-8H2,1-2H3. The molecule has 2 fully saturated rings. The second-order valence-electron chi connectivity index (χ2n) is 5.83. The molecule has 0 aromatic carbocycles. The van der Waals surface area contributed by atoms with Crippen LogP contribution in [-0.4, -0.2) is 47.9 Å². The third-order valence-corrected chi connectivity index (χ3v) is 5.08. The number of nitrogens with zero attached hydrogens (tertiary/aromatic N) is 2. The van der Waals surface area contributed by atoms with Crippen molar-refractivity contribution in [3.8, 4) is 0 Å². The van der Waals surface area contributed by atoms with E-state index in [0.717, 1.165) is 25.6 Å². The third-order valence-electron chi connectivity index (χ3n) is 4.38. The number of carbonyl (C=O) groups excluding carboxylic acids is 1. The molecular formula is C15H23N3OS. The number of hydrogen-bond donors (Lipinski definition) is 1. The van der Waals surface area contributed by atoms with Crippen LogP contribution in [0.1, 0.15) is 37.9 Å². The Bertz CT molecular complexity index is 458. The molecule has 0 bridgehead atoms. The van der Waals surface area contributed by atoms with E-state index in [-0.39, 0.29) is 18.1 Å². The van der Waals surface area contributed by atoms with Crippen LogP contribution >= 0.6 is 11.3 Å². The van der Waals surface area contributed by atoms with Gasteiger partial charge in [0, 0.05) is 19.1 Å². The van der Waals surface area contributed by atoms with E-state index in [1.165, 1.54) is 18.4 Å². The maximum atomic E-state index is 12.5. The molecule has 1 aromatic heterocycles. The Morgan fingerprint density at radius 1 is 1.50 bits per heavy atom. The van der Waals surface area contributed by atoms with Gasteiger partial charge in [0.2, 0.25) is 5.91 Å². The first-order valence-electron chi connectivity index (χ1n) is 7.49. The Kier molecular flexibility index (Phi) is 4.10. The van der Waals surface area contributed by atoms with Crippen LogP contribution in [0, 0.1) is 0 Å². The van der Waals surface area contributed by atoms with Gasteiger partial charge in [0.05, 0.1) is 6.04 Å². The third kappa shape index (κ3) is 2.75. The van der Waals surface area contributed by atoms with Crippen LogP contribution in [0.5, 0.6) is 0 Å². The molecule has 2 unspecified atom stereocenters. The highest BCUT2D eigenvalue weighted by molar-refractivity contribution is 7.07. The Morgan fingerprint density at radius 3 is 2.90 bits per heavy atom. The van der Waals surface area contributed by atoms with Crippen molar-refractivity contribution < 1.29 is 4.79 Å². The molecule has 2 heterocycles. The van der Waals surface area contributed by atoms with E-state index in [1.54, 1.807) is 11.3 Å². The van der Waals surface area contributed by atoms with Crippen LogP contribution in [0.15, 0.2) is 16.8 Å². The van der Waals surface area contributed by atoms with Gasteiger partial charge in [-0.05, 0) is 48.7 Å². The molecule has 0 spiro atoms. The fourth-order valence-electron chi connectivity index (χ4n) is 2.88. The second-order valence-corrected chi connectivity index (χ2v) is 6.61. The molecule has 1 aromatic rings.